The lowest BCUT2D eigenvalue weighted by atomic mass is 9.95. The standard InChI is InChI=1S/C16H26N2O/c1-5-13-6-8-14(9-7-13)18-10-15(11-19)17(4)12-16(18,2)3/h6-9,15,19H,5,10-12H2,1-4H3. The van der Waals surface area contributed by atoms with Gasteiger partial charge in [0.2, 0.25) is 0 Å². The number of anilines is 1. The molecule has 1 aliphatic heterocycles. The number of piperazine rings is 1. The molecule has 1 unspecified atom stereocenters. The van der Waals surface area contributed by atoms with Crippen LogP contribution in [0.4, 0.5) is 5.69 Å². The normalized spacial score (nSPS) is 23.6. The van der Waals surface area contributed by atoms with Crippen LogP contribution in [-0.2, 0) is 6.42 Å². The second kappa shape index (κ2) is 5.51. The Hall–Kier alpha value is -1.06. The highest BCUT2D eigenvalue weighted by Gasteiger charge is 2.37. The van der Waals surface area contributed by atoms with Crippen LogP contribution >= 0.6 is 0 Å². The lowest BCUT2D eigenvalue weighted by Crippen LogP contribution is -2.63. The molecule has 3 heteroatoms. The van der Waals surface area contributed by atoms with E-state index in [2.05, 4.69) is 61.9 Å². The zero-order valence-electron chi connectivity index (χ0n) is 12.6. The van der Waals surface area contributed by atoms with Gasteiger partial charge < -0.3 is 10.0 Å². The smallest absolute Gasteiger partial charge is 0.0604 e. The lowest BCUT2D eigenvalue weighted by molar-refractivity contribution is 0.0980. The molecule has 0 aromatic heterocycles. The van der Waals surface area contributed by atoms with Crippen LogP contribution in [0.15, 0.2) is 24.3 Å². The average Bonchev–Trinajstić information content (AvgIpc) is 2.38. The molecule has 0 amide bonds. The first-order valence-corrected chi connectivity index (χ1v) is 7.15. The Labute approximate surface area is 116 Å². The van der Waals surface area contributed by atoms with Crippen LogP contribution in [0.1, 0.15) is 26.3 Å². The van der Waals surface area contributed by atoms with E-state index >= 15 is 0 Å². The largest absolute Gasteiger partial charge is 0.395 e. The van der Waals surface area contributed by atoms with Gasteiger partial charge in [0.15, 0.2) is 0 Å². The van der Waals surface area contributed by atoms with E-state index in [0.29, 0.717) is 0 Å². The van der Waals surface area contributed by atoms with Crippen LogP contribution in [0, 0.1) is 0 Å². The number of hydrogen-bond donors (Lipinski definition) is 1. The Morgan fingerprint density at radius 2 is 1.89 bits per heavy atom. The van der Waals surface area contributed by atoms with Crippen LogP contribution in [0.2, 0.25) is 0 Å². The van der Waals surface area contributed by atoms with Gasteiger partial charge >= 0.3 is 0 Å². The second-order valence-corrected chi connectivity index (χ2v) is 6.19. The first-order valence-electron chi connectivity index (χ1n) is 7.15. The van der Waals surface area contributed by atoms with Crippen LogP contribution in [0.5, 0.6) is 0 Å². The average molecular weight is 262 g/mol. The molecule has 0 bridgehead atoms. The molecule has 0 radical (unpaired) electrons. The van der Waals surface area contributed by atoms with Crippen molar-refractivity contribution in [3.63, 3.8) is 0 Å². The summed E-state index contributed by atoms with van der Waals surface area (Å²) in [6.07, 6.45) is 1.08. The fourth-order valence-electron chi connectivity index (χ4n) is 2.99. The molecule has 1 aliphatic rings. The first-order chi connectivity index (χ1) is 8.97. The van der Waals surface area contributed by atoms with Gasteiger partial charge in [0.25, 0.3) is 0 Å². The molecule has 3 nitrogen and oxygen atoms in total. The van der Waals surface area contributed by atoms with E-state index in [-0.39, 0.29) is 18.2 Å². The van der Waals surface area contributed by atoms with Gasteiger partial charge in [-0.1, -0.05) is 19.1 Å². The Morgan fingerprint density at radius 3 is 2.42 bits per heavy atom. The van der Waals surface area contributed by atoms with Gasteiger partial charge in [-0.2, -0.15) is 0 Å². The predicted octanol–water partition coefficient (Wildman–Crippen LogP) is 2.14. The van der Waals surface area contributed by atoms with Gasteiger partial charge in [-0.25, -0.2) is 0 Å². The van der Waals surface area contributed by atoms with Crippen LogP contribution in [-0.4, -0.2) is 48.3 Å². The fourth-order valence-corrected chi connectivity index (χ4v) is 2.99. The van der Waals surface area contributed by atoms with Crippen LogP contribution in [0.3, 0.4) is 0 Å². The van der Waals surface area contributed by atoms with Gasteiger partial charge in [-0.05, 0) is 45.0 Å². The number of benzene rings is 1. The number of aryl methyl sites for hydroxylation is 1. The van der Waals surface area contributed by atoms with Crippen molar-refractivity contribution in [2.45, 2.75) is 38.8 Å². The van der Waals surface area contributed by atoms with E-state index < -0.39 is 0 Å². The maximum atomic E-state index is 9.51. The van der Waals surface area contributed by atoms with Crippen molar-refractivity contribution < 1.29 is 5.11 Å². The molecule has 1 N–H and O–H groups in total. The van der Waals surface area contributed by atoms with E-state index in [1.165, 1.54) is 11.3 Å². The zero-order chi connectivity index (χ0) is 14.0. The summed E-state index contributed by atoms with van der Waals surface area (Å²) in [4.78, 5) is 4.68. The first kappa shape index (κ1) is 14.4. The molecule has 2 rings (SSSR count). The van der Waals surface area contributed by atoms with Gasteiger partial charge in [0, 0.05) is 24.3 Å². The molecule has 0 saturated carbocycles. The number of hydrogen-bond acceptors (Lipinski definition) is 3. The summed E-state index contributed by atoms with van der Waals surface area (Å²) in [6.45, 7) is 8.78. The van der Waals surface area contributed by atoms with Crippen molar-refractivity contribution in [2.24, 2.45) is 0 Å². The molecule has 1 aromatic rings. The maximum Gasteiger partial charge on any atom is 0.0604 e. The molecule has 1 heterocycles. The van der Waals surface area contributed by atoms with Gasteiger partial charge in [0.05, 0.1) is 12.6 Å². The van der Waals surface area contributed by atoms with Gasteiger partial charge in [0.1, 0.15) is 0 Å². The van der Waals surface area contributed by atoms with Crippen LogP contribution < -0.4 is 4.90 Å². The fraction of sp³-hybridized carbons (Fsp3) is 0.625. The minimum absolute atomic E-state index is 0.0914. The van der Waals surface area contributed by atoms with Crippen molar-refractivity contribution in [3.8, 4) is 0 Å². The molecule has 1 fully saturated rings. The SMILES string of the molecule is CCc1ccc(N2CC(CO)N(C)CC2(C)C)cc1. The summed E-state index contributed by atoms with van der Waals surface area (Å²) in [5.74, 6) is 0. The van der Waals surface area contributed by atoms with E-state index in [4.69, 9.17) is 0 Å². The van der Waals surface area contributed by atoms with E-state index in [0.717, 1.165) is 19.5 Å². The summed E-state index contributed by atoms with van der Waals surface area (Å²) in [5.41, 5.74) is 2.72. The zero-order valence-corrected chi connectivity index (χ0v) is 12.6. The number of aliphatic hydroxyl groups excluding tert-OH is 1. The number of aliphatic hydroxyl groups is 1. The number of likely N-dealkylation sites (N-methyl/N-ethyl adjacent to an activating group) is 1. The van der Waals surface area contributed by atoms with E-state index in [1.54, 1.807) is 0 Å². The third-order valence-corrected chi connectivity index (χ3v) is 4.25. The molecular formula is C16H26N2O. The van der Waals surface area contributed by atoms with Crippen LogP contribution in [0.25, 0.3) is 0 Å². The molecule has 19 heavy (non-hydrogen) atoms. The van der Waals surface area contributed by atoms with Gasteiger partial charge in [-0.3, -0.25) is 4.90 Å². The minimum atomic E-state index is 0.0914. The summed E-state index contributed by atoms with van der Waals surface area (Å²) in [7, 11) is 2.10. The molecule has 1 aromatic carbocycles. The summed E-state index contributed by atoms with van der Waals surface area (Å²) in [6, 6.07) is 9.05. The summed E-state index contributed by atoms with van der Waals surface area (Å²) < 4.78 is 0. The lowest BCUT2D eigenvalue weighted by Gasteiger charge is -2.51. The quantitative estimate of drug-likeness (QED) is 0.904. The topological polar surface area (TPSA) is 26.7 Å². The third-order valence-electron chi connectivity index (χ3n) is 4.25. The Bertz CT molecular complexity index is 413. The summed E-state index contributed by atoms with van der Waals surface area (Å²) >= 11 is 0. The molecule has 0 aliphatic carbocycles. The Balaban J connectivity index is 2.24. The second-order valence-electron chi connectivity index (χ2n) is 6.19. The highest BCUT2D eigenvalue weighted by atomic mass is 16.3. The van der Waals surface area contributed by atoms with Crippen molar-refractivity contribution >= 4 is 5.69 Å². The van der Waals surface area contributed by atoms with Crippen molar-refractivity contribution in [1.29, 1.82) is 0 Å². The molecule has 106 valence electrons. The predicted molar refractivity (Wildman–Crippen MR) is 80.7 cm³/mol. The third kappa shape index (κ3) is 2.93. The van der Waals surface area contributed by atoms with E-state index in [9.17, 15) is 5.11 Å². The molecule has 1 saturated heterocycles. The van der Waals surface area contributed by atoms with Crippen molar-refractivity contribution in [3.05, 3.63) is 29.8 Å². The van der Waals surface area contributed by atoms with Crippen molar-refractivity contribution in [1.82, 2.24) is 4.90 Å². The molecule has 1 atom stereocenters. The number of nitrogens with zero attached hydrogens (tertiary/aromatic N) is 2. The molecule has 0 spiro atoms. The summed E-state index contributed by atoms with van der Waals surface area (Å²) in [5, 5.41) is 9.51. The highest BCUT2D eigenvalue weighted by molar-refractivity contribution is 5.51. The highest BCUT2D eigenvalue weighted by Crippen LogP contribution is 2.29. The van der Waals surface area contributed by atoms with Gasteiger partial charge in [-0.15, -0.1) is 0 Å². The van der Waals surface area contributed by atoms with Crippen molar-refractivity contribution in [2.75, 3.05) is 31.6 Å². The maximum absolute atomic E-state index is 9.51. The minimum Gasteiger partial charge on any atom is -0.395 e. The monoisotopic (exact) mass is 262 g/mol. The number of rotatable bonds is 3. The Kier molecular flexibility index (Phi) is 4.16. The molecular weight excluding hydrogens is 236 g/mol. The Morgan fingerprint density at radius 1 is 1.26 bits per heavy atom. The van der Waals surface area contributed by atoms with E-state index in [1.807, 2.05) is 0 Å².